The van der Waals surface area contributed by atoms with Crippen LogP contribution in [0.15, 0.2) is 53.4 Å². The van der Waals surface area contributed by atoms with Crippen molar-refractivity contribution in [2.45, 2.75) is 50.6 Å². The van der Waals surface area contributed by atoms with E-state index >= 15 is 0 Å². The van der Waals surface area contributed by atoms with Crippen molar-refractivity contribution in [1.29, 1.82) is 0 Å². The summed E-state index contributed by atoms with van der Waals surface area (Å²) in [6.07, 6.45) is 3.08. The molecule has 0 spiro atoms. The lowest BCUT2D eigenvalue weighted by Gasteiger charge is -2.29. The van der Waals surface area contributed by atoms with Crippen LogP contribution in [-0.2, 0) is 16.6 Å². The van der Waals surface area contributed by atoms with E-state index in [2.05, 4.69) is 17.0 Å². The van der Waals surface area contributed by atoms with Gasteiger partial charge in [-0.1, -0.05) is 43.3 Å². The monoisotopic (exact) mass is 430 g/mol. The predicted molar refractivity (Wildman–Crippen MR) is 118 cm³/mol. The number of piperidine rings is 1. The first-order valence-corrected chi connectivity index (χ1v) is 12.2. The van der Waals surface area contributed by atoms with E-state index in [-0.39, 0.29) is 23.4 Å². The van der Waals surface area contributed by atoms with Crippen LogP contribution >= 0.6 is 0 Å². The first kappa shape index (κ1) is 22.5. The molecule has 0 aromatic heterocycles. The average Bonchev–Trinajstić information content (AvgIpc) is 2.75. The Hall–Kier alpha value is -2.22. The third-order valence-electron chi connectivity index (χ3n) is 5.68. The summed E-state index contributed by atoms with van der Waals surface area (Å²) in [7, 11) is -3.73. The van der Waals surface area contributed by atoms with Crippen LogP contribution < -0.4 is 14.9 Å². The molecule has 0 aliphatic carbocycles. The van der Waals surface area contributed by atoms with Gasteiger partial charge in [0.15, 0.2) is 0 Å². The molecule has 1 aliphatic rings. The second-order valence-electron chi connectivity index (χ2n) is 8.04. The summed E-state index contributed by atoms with van der Waals surface area (Å²) in [6, 6.07) is 14.4. The molecule has 3 N–H and O–H groups in total. The van der Waals surface area contributed by atoms with Gasteiger partial charge in [-0.3, -0.25) is 4.79 Å². The number of hydrogen-bond donors (Lipinski definition) is 3. The Bertz CT molecular complexity index is 953. The zero-order valence-corrected chi connectivity index (χ0v) is 18.6. The highest BCUT2D eigenvalue weighted by molar-refractivity contribution is 7.89. The van der Waals surface area contributed by atoms with Gasteiger partial charge < -0.3 is 10.2 Å². The molecule has 1 amide bonds. The number of likely N-dealkylation sites (tertiary alicyclic amines) is 1. The highest BCUT2D eigenvalue weighted by atomic mass is 32.2. The zero-order chi connectivity index (χ0) is 21.6. The summed E-state index contributed by atoms with van der Waals surface area (Å²) in [5.74, 6) is -0.210. The predicted octanol–water partition coefficient (Wildman–Crippen LogP) is 1.66. The zero-order valence-electron chi connectivity index (χ0n) is 17.8. The minimum Gasteiger partial charge on any atom is -0.349 e. The first-order valence-electron chi connectivity index (χ1n) is 10.7. The van der Waals surface area contributed by atoms with E-state index in [1.807, 2.05) is 30.3 Å². The van der Waals surface area contributed by atoms with Crippen LogP contribution in [0.1, 0.15) is 47.7 Å². The molecule has 0 bridgehead atoms. The standard InChI is InChI=1S/C23H31N3O3S/c1-3-13-26-14-11-21(12-15-26)25-23(27)20-10-9-18(2)22(16-20)30(28,29)24-17-19-7-5-4-6-8-19/h4-10,16,21,24H,3,11-15,17H2,1-2H3,(H,25,27)/p+1. The van der Waals surface area contributed by atoms with E-state index in [0.717, 1.165) is 31.5 Å². The molecule has 6 nitrogen and oxygen atoms in total. The number of carbonyl (C=O) groups is 1. The summed E-state index contributed by atoms with van der Waals surface area (Å²) >= 11 is 0. The molecule has 1 saturated heterocycles. The van der Waals surface area contributed by atoms with Gasteiger partial charge in [0.2, 0.25) is 10.0 Å². The number of carbonyl (C=O) groups excluding carboxylic acids is 1. The topological polar surface area (TPSA) is 79.7 Å². The molecule has 0 radical (unpaired) electrons. The van der Waals surface area contributed by atoms with Crippen LogP contribution in [0.2, 0.25) is 0 Å². The Morgan fingerprint density at radius 1 is 1.10 bits per heavy atom. The summed E-state index contributed by atoms with van der Waals surface area (Å²) in [5.41, 5.74) is 1.87. The quantitative estimate of drug-likeness (QED) is 0.596. The molecule has 0 unspecified atom stereocenters. The fraction of sp³-hybridized carbons (Fsp3) is 0.435. The van der Waals surface area contributed by atoms with Gasteiger partial charge in [-0.2, -0.15) is 0 Å². The summed E-state index contributed by atoms with van der Waals surface area (Å²) in [4.78, 5) is 14.5. The number of quaternary nitrogens is 1. The van der Waals surface area contributed by atoms with Gasteiger partial charge >= 0.3 is 0 Å². The van der Waals surface area contributed by atoms with Crippen LogP contribution in [0, 0.1) is 6.92 Å². The third-order valence-corrected chi connectivity index (χ3v) is 7.22. The lowest BCUT2D eigenvalue weighted by molar-refractivity contribution is -0.905. The lowest BCUT2D eigenvalue weighted by atomic mass is 10.0. The molecule has 3 rings (SSSR count). The summed E-state index contributed by atoms with van der Waals surface area (Å²) < 4.78 is 28.3. The Kier molecular flexibility index (Phi) is 7.64. The SMILES string of the molecule is CCC[NH+]1CCC(NC(=O)c2ccc(C)c(S(=O)(=O)NCc3ccccc3)c2)CC1. The van der Waals surface area contributed by atoms with Crippen molar-refractivity contribution in [1.82, 2.24) is 10.0 Å². The molecule has 2 aromatic carbocycles. The number of hydrogen-bond acceptors (Lipinski definition) is 3. The number of nitrogens with one attached hydrogen (secondary N) is 3. The Morgan fingerprint density at radius 2 is 1.80 bits per heavy atom. The number of sulfonamides is 1. The Balaban J connectivity index is 1.66. The smallest absolute Gasteiger partial charge is 0.251 e. The van der Waals surface area contributed by atoms with E-state index in [9.17, 15) is 13.2 Å². The van der Waals surface area contributed by atoms with Crippen LogP contribution in [0.3, 0.4) is 0 Å². The highest BCUT2D eigenvalue weighted by Gasteiger charge is 2.24. The van der Waals surface area contributed by atoms with Crippen molar-refractivity contribution >= 4 is 15.9 Å². The molecular weight excluding hydrogens is 398 g/mol. The fourth-order valence-electron chi connectivity index (χ4n) is 3.93. The molecule has 30 heavy (non-hydrogen) atoms. The molecule has 1 fully saturated rings. The van der Waals surface area contributed by atoms with E-state index in [4.69, 9.17) is 0 Å². The molecular formula is C23H32N3O3S+. The van der Waals surface area contributed by atoms with Crippen molar-refractivity contribution in [3.8, 4) is 0 Å². The third kappa shape index (κ3) is 5.90. The van der Waals surface area contributed by atoms with Gasteiger partial charge in [0.25, 0.3) is 5.91 Å². The largest absolute Gasteiger partial charge is 0.349 e. The van der Waals surface area contributed by atoms with Crippen molar-refractivity contribution in [2.75, 3.05) is 19.6 Å². The van der Waals surface area contributed by atoms with Crippen LogP contribution in [-0.4, -0.2) is 40.0 Å². The van der Waals surface area contributed by atoms with Gasteiger partial charge in [0.05, 0.1) is 24.5 Å². The van der Waals surface area contributed by atoms with Gasteiger partial charge in [0.1, 0.15) is 0 Å². The number of amides is 1. The Morgan fingerprint density at radius 3 is 2.47 bits per heavy atom. The van der Waals surface area contributed by atoms with E-state index < -0.39 is 10.0 Å². The normalized spacial score (nSPS) is 19.4. The molecule has 1 aliphatic heterocycles. The van der Waals surface area contributed by atoms with Crippen molar-refractivity contribution < 1.29 is 18.1 Å². The van der Waals surface area contributed by atoms with Crippen molar-refractivity contribution in [2.24, 2.45) is 0 Å². The van der Waals surface area contributed by atoms with E-state index in [1.165, 1.54) is 19.0 Å². The lowest BCUT2D eigenvalue weighted by Crippen LogP contribution is -3.13. The maximum atomic E-state index is 12.8. The van der Waals surface area contributed by atoms with Gasteiger partial charge in [0, 0.05) is 31.0 Å². The summed E-state index contributed by atoms with van der Waals surface area (Å²) in [5, 5.41) is 3.09. The molecule has 0 atom stereocenters. The second kappa shape index (κ2) is 10.2. The first-order chi connectivity index (χ1) is 14.4. The van der Waals surface area contributed by atoms with Gasteiger partial charge in [-0.15, -0.1) is 0 Å². The molecule has 1 heterocycles. The van der Waals surface area contributed by atoms with Gasteiger partial charge in [-0.05, 0) is 36.6 Å². The van der Waals surface area contributed by atoms with Crippen molar-refractivity contribution in [3.05, 3.63) is 65.2 Å². The maximum Gasteiger partial charge on any atom is 0.251 e. The minimum atomic E-state index is -3.73. The molecule has 7 heteroatoms. The van der Waals surface area contributed by atoms with Crippen LogP contribution in [0.4, 0.5) is 0 Å². The number of rotatable bonds is 8. The van der Waals surface area contributed by atoms with Crippen LogP contribution in [0.25, 0.3) is 0 Å². The van der Waals surface area contributed by atoms with Crippen LogP contribution in [0.5, 0.6) is 0 Å². The average molecular weight is 431 g/mol. The second-order valence-corrected chi connectivity index (χ2v) is 9.77. The summed E-state index contributed by atoms with van der Waals surface area (Å²) in [6.45, 7) is 7.45. The van der Waals surface area contributed by atoms with E-state index in [1.54, 1.807) is 24.0 Å². The number of aryl methyl sites for hydroxylation is 1. The highest BCUT2D eigenvalue weighted by Crippen LogP contribution is 2.18. The molecule has 0 saturated carbocycles. The fourth-order valence-corrected chi connectivity index (χ4v) is 5.21. The Labute approximate surface area is 179 Å². The molecule has 2 aromatic rings. The van der Waals surface area contributed by atoms with Gasteiger partial charge in [-0.25, -0.2) is 13.1 Å². The minimum absolute atomic E-state index is 0.147. The molecule has 162 valence electrons. The van der Waals surface area contributed by atoms with Crippen molar-refractivity contribution in [3.63, 3.8) is 0 Å². The van der Waals surface area contributed by atoms with E-state index in [0.29, 0.717) is 11.1 Å². The maximum absolute atomic E-state index is 12.8. The number of benzene rings is 2.